The van der Waals surface area contributed by atoms with Crippen molar-refractivity contribution in [1.29, 1.82) is 0 Å². The minimum atomic E-state index is -0.147. The van der Waals surface area contributed by atoms with Gasteiger partial charge in [-0.2, -0.15) is 0 Å². The van der Waals surface area contributed by atoms with Crippen molar-refractivity contribution in [2.45, 2.75) is 31.7 Å². The summed E-state index contributed by atoms with van der Waals surface area (Å²) >= 11 is 3.28. The van der Waals surface area contributed by atoms with Crippen LogP contribution in [0.2, 0.25) is 0 Å². The summed E-state index contributed by atoms with van der Waals surface area (Å²) in [6.45, 7) is 2.87. The molecular formula is C17H27BrFIN4. The highest BCUT2D eigenvalue weighted by Crippen LogP contribution is 2.16. The SMILES string of the molecule is CN=C(NCCCc1ccc(Br)cc1F)NCC1CCCN1C.I. The molecule has 4 nitrogen and oxygen atoms in total. The van der Waals surface area contributed by atoms with Gasteiger partial charge in [-0.25, -0.2) is 4.39 Å². The van der Waals surface area contributed by atoms with Gasteiger partial charge in [-0.3, -0.25) is 4.99 Å². The quantitative estimate of drug-likeness (QED) is 0.265. The maximum Gasteiger partial charge on any atom is 0.191 e. The fourth-order valence-corrected chi connectivity index (χ4v) is 3.22. The van der Waals surface area contributed by atoms with Gasteiger partial charge in [0.2, 0.25) is 0 Å². The molecule has 0 aromatic heterocycles. The lowest BCUT2D eigenvalue weighted by Crippen LogP contribution is -2.44. The molecule has 0 saturated carbocycles. The van der Waals surface area contributed by atoms with Crippen LogP contribution in [0.1, 0.15) is 24.8 Å². The maximum absolute atomic E-state index is 13.7. The number of aryl methyl sites for hydroxylation is 1. The zero-order chi connectivity index (χ0) is 16.7. The Balaban J connectivity index is 0.00000288. The van der Waals surface area contributed by atoms with Crippen LogP contribution in [-0.2, 0) is 6.42 Å². The second kappa shape index (κ2) is 11.3. The molecular weight excluding hydrogens is 486 g/mol. The van der Waals surface area contributed by atoms with E-state index in [1.54, 1.807) is 7.05 Å². The van der Waals surface area contributed by atoms with E-state index in [1.807, 2.05) is 12.1 Å². The van der Waals surface area contributed by atoms with E-state index in [4.69, 9.17) is 0 Å². The van der Waals surface area contributed by atoms with Gasteiger partial charge in [-0.15, -0.1) is 24.0 Å². The molecule has 0 radical (unpaired) electrons. The molecule has 24 heavy (non-hydrogen) atoms. The van der Waals surface area contributed by atoms with Crippen molar-refractivity contribution in [2.75, 3.05) is 33.7 Å². The molecule has 0 spiro atoms. The third-order valence-corrected chi connectivity index (χ3v) is 4.82. The van der Waals surface area contributed by atoms with Crippen molar-refractivity contribution in [3.63, 3.8) is 0 Å². The number of benzene rings is 1. The summed E-state index contributed by atoms with van der Waals surface area (Å²) in [7, 11) is 3.95. The summed E-state index contributed by atoms with van der Waals surface area (Å²) in [5.41, 5.74) is 0.755. The lowest BCUT2D eigenvalue weighted by molar-refractivity contribution is 0.309. The number of halogens is 3. The molecule has 1 atom stereocenters. The molecule has 136 valence electrons. The number of rotatable bonds is 6. The Hall–Kier alpha value is -0.410. The van der Waals surface area contributed by atoms with E-state index in [1.165, 1.54) is 25.5 Å². The van der Waals surface area contributed by atoms with Crippen LogP contribution < -0.4 is 10.6 Å². The van der Waals surface area contributed by atoms with Gasteiger partial charge < -0.3 is 15.5 Å². The lowest BCUT2D eigenvalue weighted by Gasteiger charge is -2.21. The number of nitrogens with zero attached hydrogens (tertiary/aromatic N) is 2. The fourth-order valence-electron chi connectivity index (χ4n) is 2.88. The summed E-state index contributed by atoms with van der Waals surface area (Å²) in [6, 6.07) is 5.82. The van der Waals surface area contributed by atoms with Crippen LogP contribution >= 0.6 is 39.9 Å². The van der Waals surface area contributed by atoms with Gasteiger partial charge in [-0.1, -0.05) is 22.0 Å². The molecule has 1 aliphatic heterocycles. The molecule has 1 unspecified atom stereocenters. The molecule has 1 aromatic rings. The molecule has 2 N–H and O–H groups in total. The van der Waals surface area contributed by atoms with Crippen LogP contribution in [0, 0.1) is 5.82 Å². The Labute approximate surface area is 169 Å². The molecule has 0 aliphatic carbocycles. The largest absolute Gasteiger partial charge is 0.356 e. The van der Waals surface area contributed by atoms with Crippen LogP contribution in [-0.4, -0.2) is 50.6 Å². The van der Waals surface area contributed by atoms with E-state index in [0.717, 1.165) is 35.5 Å². The maximum atomic E-state index is 13.7. The topological polar surface area (TPSA) is 39.7 Å². The average molecular weight is 513 g/mol. The first-order chi connectivity index (χ1) is 11.1. The summed E-state index contributed by atoms with van der Waals surface area (Å²) in [6.07, 6.45) is 4.09. The molecule has 1 aromatic carbocycles. The van der Waals surface area contributed by atoms with Gasteiger partial charge in [0.05, 0.1) is 0 Å². The second-order valence-electron chi connectivity index (χ2n) is 6.00. The molecule has 7 heteroatoms. The van der Waals surface area contributed by atoms with Crippen LogP contribution in [0.4, 0.5) is 4.39 Å². The number of likely N-dealkylation sites (tertiary alicyclic amines) is 1. The van der Waals surface area contributed by atoms with Crippen molar-refractivity contribution >= 4 is 45.9 Å². The van der Waals surface area contributed by atoms with Gasteiger partial charge in [0.1, 0.15) is 5.82 Å². The minimum Gasteiger partial charge on any atom is -0.356 e. The molecule has 0 amide bonds. The Bertz CT molecular complexity index is 541. The number of guanidine groups is 1. The highest BCUT2D eigenvalue weighted by Gasteiger charge is 2.20. The van der Waals surface area contributed by atoms with Crippen LogP contribution in [0.5, 0.6) is 0 Å². The van der Waals surface area contributed by atoms with Gasteiger partial charge in [0.15, 0.2) is 5.96 Å². The predicted molar refractivity (Wildman–Crippen MR) is 113 cm³/mol. The zero-order valence-corrected chi connectivity index (χ0v) is 18.2. The molecule has 1 aliphatic rings. The Kier molecular flexibility index (Phi) is 10.1. The predicted octanol–water partition coefficient (Wildman–Crippen LogP) is 3.40. The number of hydrogen-bond acceptors (Lipinski definition) is 2. The molecule has 2 rings (SSSR count). The number of likely N-dealkylation sites (N-methyl/N-ethyl adjacent to an activating group) is 1. The smallest absolute Gasteiger partial charge is 0.191 e. The van der Waals surface area contributed by atoms with E-state index in [0.29, 0.717) is 12.5 Å². The molecule has 0 bridgehead atoms. The standard InChI is InChI=1S/C17H26BrFN4.HI/c1-20-17(22-12-15-6-4-10-23(15)2)21-9-3-5-13-7-8-14(18)11-16(13)19;/h7-8,11,15H,3-6,9-10,12H2,1-2H3,(H2,20,21,22);1H. The van der Waals surface area contributed by atoms with Crippen LogP contribution in [0.15, 0.2) is 27.7 Å². The van der Waals surface area contributed by atoms with E-state index in [-0.39, 0.29) is 29.8 Å². The van der Waals surface area contributed by atoms with Crippen molar-refractivity contribution in [3.8, 4) is 0 Å². The number of nitrogens with one attached hydrogen (secondary N) is 2. The first-order valence-corrected chi connectivity index (χ1v) is 8.98. The monoisotopic (exact) mass is 512 g/mol. The lowest BCUT2D eigenvalue weighted by atomic mass is 10.1. The molecule has 1 heterocycles. The number of hydrogen-bond donors (Lipinski definition) is 2. The highest BCUT2D eigenvalue weighted by molar-refractivity contribution is 14.0. The van der Waals surface area contributed by atoms with Crippen molar-refractivity contribution in [2.24, 2.45) is 4.99 Å². The first-order valence-electron chi connectivity index (χ1n) is 8.19. The summed E-state index contributed by atoms with van der Waals surface area (Å²) in [5, 5.41) is 6.67. The molecule has 1 saturated heterocycles. The second-order valence-corrected chi connectivity index (χ2v) is 6.91. The summed E-state index contributed by atoms with van der Waals surface area (Å²) < 4.78 is 14.5. The summed E-state index contributed by atoms with van der Waals surface area (Å²) in [5.74, 6) is 0.674. The summed E-state index contributed by atoms with van der Waals surface area (Å²) in [4.78, 5) is 6.63. The van der Waals surface area contributed by atoms with Crippen molar-refractivity contribution in [3.05, 3.63) is 34.1 Å². The van der Waals surface area contributed by atoms with Gasteiger partial charge >= 0.3 is 0 Å². The molecule has 1 fully saturated rings. The van der Waals surface area contributed by atoms with Crippen molar-refractivity contribution < 1.29 is 4.39 Å². The van der Waals surface area contributed by atoms with Gasteiger partial charge in [0, 0.05) is 30.7 Å². The average Bonchev–Trinajstić information content (AvgIpc) is 2.93. The fraction of sp³-hybridized carbons (Fsp3) is 0.588. The van der Waals surface area contributed by atoms with E-state index < -0.39 is 0 Å². The highest BCUT2D eigenvalue weighted by atomic mass is 127. The first kappa shape index (κ1) is 21.6. The normalized spacial score (nSPS) is 18.3. The Morgan fingerprint density at radius 3 is 2.83 bits per heavy atom. The van der Waals surface area contributed by atoms with Gasteiger partial charge in [0.25, 0.3) is 0 Å². The van der Waals surface area contributed by atoms with E-state index in [9.17, 15) is 4.39 Å². The van der Waals surface area contributed by atoms with Crippen LogP contribution in [0.3, 0.4) is 0 Å². The third kappa shape index (κ3) is 6.84. The van der Waals surface area contributed by atoms with Gasteiger partial charge in [-0.05, 0) is 57.0 Å². The Morgan fingerprint density at radius 1 is 1.42 bits per heavy atom. The third-order valence-electron chi connectivity index (χ3n) is 4.33. The minimum absolute atomic E-state index is 0. The van der Waals surface area contributed by atoms with Crippen molar-refractivity contribution in [1.82, 2.24) is 15.5 Å². The van der Waals surface area contributed by atoms with Crippen LogP contribution in [0.25, 0.3) is 0 Å². The Morgan fingerprint density at radius 2 is 2.21 bits per heavy atom. The van der Waals surface area contributed by atoms with E-state index in [2.05, 4.69) is 43.5 Å². The van der Waals surface area contributed by atoms with E-state index >= 15 is 0 Å². The zero-order valence-electron chi connectivity index (χ0n) is 14.3. The number of aliphatic imine (C=N–C) groups is 1.